The van der Waals surface area contributed by atoms with Crippen molar-refractivity contribution in [3.63, 3.8) is 0 Å². The smallest absolute Gasteiger partial charge is 0 e. The summed E-state index contributed by atoms with van der Waals surface area (Å²) in [5.41, 5.74) is 4.55. The third-order valence-corrected chi connectivity index (χ3v) is 8.53. The Labute approximate surface area is 238 Å². The molecular weight excluding hydrogens is 584 g/mol. The Morgan fingerprint density at radius 3 is 1.50 bits per heavy atom. The number of rotatable bonds is 3. The molecule has 6 radical (unpaired) electrons. The Balaban J connectivity index is 0.000000603. The summed E-state index contributed by atoms with van der Waals surface area (Å²) in [5.74, 6) is 0. The van der Waals surface area contributed by atoms with Crippen LogP contribution in [0.25, 0.3) is 10.8 Å². The molecule has 0 saturated heterocycles. The predicted octanol–water partition coefficient (Wildman–Crippen LogP) is 1.26. The van der Waals surface area contributed by atoms with Crippen LogP contribution in [-0.4, -0.2) is 35.7 Å². The topological polar surface area (TPSA) is 0 Å². The van der Waals surface area contributed by atoms with E-state index >= 15 is 0 Å². The molecule has 4 aromatic rings. The summed E-state index contributed by atoms with van der Waals surface area (Å²) in [5, 5.41) is 4.51. The maximum Gasteiger partial charge on any atom is 0 e. The van der Waals surface area contributed by atoms with E-state index in [1.54, 1.807) is 5.30 Å². The molecule has 0 spiro atoms. The summed E-state index contributed by atoms with van der Waals surface area (Å²) in [6.07, 6.45) is 2.43. The van der Waals surface area contributed by atoms with Gasteiger partial charge in [-0.05, 0) is 69.6 Å². The molecule has 0 saturated carbocycles. The van der Waals surface area contributed by atoms with E-state index in [0.717, 1.165) is 11.3 Å². The van der Waals surface area contributed by atoms with Crippen LogP contribution in [0.2, 0.25) is 0 Å². The van der Waals surface area contributed by atoms with Crippen LogP contribution < -0.4 is 30.1 Å². The number of hydrogen-bond donors (Lipinski definition) is 0. The van der Waals surface area contributed by atoms with Gasteiger partial charge in [-0.2, -0.15) is 0 Å². The Hall–Kier alpha value is -1.03. The molecule has 0 bridgehead atoms. The zero-order valence-electron chi connectivity index (χ0n) is 20.3. The summed E-state index contributed by atoms with van der Waals surface area (Å²) in [6, 6.07) is 37.7. The second-order valence-corrected chi connectivity index (χ2v) is 11.6. The van der Waals surface area contributed by atoms with Crippen LogP contribution in [0, 0.1) is 18.2 Å². The van der Waals surface area contributed by atoms with Gasteiger partial charge >= 0.3 is 0 Å². The molecule has 0 aliphatic heterocycles. The normalized spacial score (nSPS) is 10.8. The van der Waals surface area contributed by atoms with Crippen LogP contribution in [0.1, 0.15) is 38.8 Å². The Kier molecular flexibility index (Phi) is 16.9. The maximum atomic E-state index is 3.55. The molecule has 0 unspecified atom stereocenters. The number of benzene rings is 4. The average Bonchev–Trinajstić information content (AvgIpc) is 3.23. The first-order valence-electron chi connectivity index (χ1n) is 11.1. The van der Waals surface area contributed by atoms with E-state index in [4.69, 9.17) is 0 Å². The average molecular weight is 616 g/mol. The van der Waals surface area contributed by atoms with Crippen LogP contribution in [0.3, 0.4) is 0 Å². The van der Waals surface area contributed by atoms with Crippen LogP contribution in [0.15, 0.2) is 84.9 Å². The minimum absolute atomic E-state index is 0. The first kappa shape index (κ1) is 33.0. The summed E-state index contributed by atoms with van der Waals surface area (Å²) in [7, 11) is -0.102. The van der Waals surface area contributed by atoms with E-state index in [-0.39, 0.29) is 57.2 Å². The van der Waals surface area contributed by atoms with E-state index in [1.807, 2.05) is 60.7 Å². The molecule has 34 heavy (non-hydrogen) atoms. The summed E-state index contributed by atoms with van der Waals surface area (Å²) < 4.78 is 0. The van der Waals surface area contributed by atoms with E-state index in [0.29, 0.717) is 0 Å². The summed E-state index contributed by atoms with van der Waals surface area (Å²) in [6.45, 7) is 9.48. The van der Waals surface area contributed by atoms with Crippen molar-refractivity contribution in [1.29, 1.82) is 0 Å². The minimum Gasteiger partial charge on any atom is -1.00 e. The molecule has 4 heteroatoms. The van der Waals surface area contributed by atoms with Crippen LogP contribution >= 0.6 is 7.92 Å². The van der Waals surface area contributed by atoms with Crippen LogP contribution in [0.5, 0.6) is 0 Å². The standard InChI is InChI=1S/C18H22P.2C6H5.2ClH.Sb/c1-12(2)19(13(3)4)17-11-10-15-9-8-14-6-5-7-16(17)18(14)15;2*1-2-4-6-5-3-1;;;/h5-6,10-13H,8-9H2,1-4H3;2*1-5H;2*1H;/p-2. The van der Waals surface area contributed by atoms with Crippen molar-refractivity contribution in [1.82, 2.24) is 0 Å². The molecule has 0 atom stereocenters. The molecule has 0 nitrogen and oxygen atoms in total. The molecule has 1 aliphatic rings. The van der Waals surface area contributed by atoms with Crippen LogP contribution in [0.4, 0.5) is 0 Å². The monoisotopic (exact) mass is 614 g/mol. The van der Waals surface area contributed by atoms with E-state index in [1.165, 1.54) is 34.7 Å². The zero-order chi connectivity index (χ0) is 22.1. The zero-order valence-corrected chi connectivity index (χ0v) is 25.3. The van der Waals surface area contributed by atoms with Gasteiger partial charge in [-0.3, -0.25) is 0 Å². The predicted molar refractivity (Wildman–Crippen MR) is 143 cm³/mol. The van der Waals surface area contributed by atoms with Gasteiger partial charge in [-0.25, -0.2) is 0 Å². The van der Waals surface area contributed by atoms with Crippen molar-refractivity contribution in [2.45, 2.75) is 51.9 Å². The fourth-order valence-corrected chi connectivity index (χ4v) is 7.18. The molecule has 4 aromatic carbocycles. The largest absolute Gasteiger partial charge is 1.00 e. The second kappa shape index (κ2) is 17.4. The van der Waals surface area contributed by atoms with E-state index in [9.17, 15) is 0 Å². The minimum atomic E-state index is -0.102. The van der Waals surface area contributed by atoms with E-state index in [2.05, 4.69) is 70.2 Å². The molecule has 0 aromatic heterocycles. The second-order valence-electron chi connectivity index (χ2n) is 8.25. The Bertz CT molecular complexity index is 950. The number of aryl methyl sites for hydroxylation is 2. The van der Waals surface area contributed by atoms with E-state index < -0.39 is 0 Å². The number of hydrogen-bond acceptors (Lipinski definition) is 0. The molecule has 0 heterocycles. The van der Waals surface area contributed by atoms with Crippen molar-refractivity contribution in [3.8, 4) is 0 Å². The first-order valence-corrected chi connectivity index (χ1v) is 12.6. The molecule has 1 aliphatic carbocycles. The van der Waals surface area contributed by atoms with Gasteiger partial charge in [0.1, 0.15) is 0 Å². The molecule has 0 amide bonds. The fraction of sp³-hybridized carbons (Fsp3) is 0.267. The van der Waals surface area contributed by atoms with Gasteiger partial charge in [-0.1, -0.05) is 121 Å². The summed E-state index contributed by atoms with van der Waals surface area (Å²) >= 11 is 0. The number of halogens is 2. The quantitative estimate of drug-likeness (QED) is 0.241. The van der Waals surface area contributed by atoms with Gasteiger partial charge in [0.2, 0.25) is 0 Å². The molecule has 178 valence electrons. The maximum absolute atomic E-state index is 3.55. The van der Waals surface area contributed by atoms with Crippen molar-refractivity contribution >= 4 is 48.4 Å². The van der Waals surface area contributed by atoms with Gasteiger partial charge in [0.05, 0.1) is 0 Å². The van der Waals surface area contributed by atoms with Crippen molar-refractivity contribution in [2.24, 2.45) is 0 Å². The van der Waals surface area contributed by atoms with Crippen LogP contribution in [-0.2, 0) is 12.8 Å². The first-order chi connectivity index (χ1) is 15.1. The molecule has 5 rings (SSSR count). The Morgan fingerprint density at radius 1 is 0.647 bits per heavy atom. The van der Waals surface area contributed by atoms with Crippen molar-refractivity contribution in [3.05, 3.63) is 114 Å². The van der Waals surface area contributed by atoms with Crippen molar-refractivity contribution < 1.29 is 24.8 Å². The van der Waals surface area contributed by atoms with Gasteiger partial charge in [0, 0.05) is 24.4 Å². The molecular formula is C30H32Cl2PSb-2. The van der Waals surface area contributed by atoms with Crippen molar-refractivity contribution in [2.75, 3.05) is 0 Å². The van der Waals surface area contributed by atoms with Gasteiger partial charge in [-0.15, -0.1) is 0 Å². The van der Waals surface area contributed by atoms with Gasteiger partial charge < -0.3 is 24.8 Å². The SMILES string of the molecule is CC(C)P(c1ccc2c3c(cc[c]c13)CC2)C(C)C.[Cl-].[Cl-].[Sb].[c]1ccccc1.[c]1ccccc1. The summed E-state index contributed by atoms with van der Waals surface area (Å²) in [4.78, 5) is 0. The van der Waals surface area contributed by atoms with Gasteiger partial charge in [0.15, 0.2) is 0 Å². The molecule has 0 N–H and O–H groups in total. The third kappa shape index (κ3) is 9.20. The Morgan fingerprint density at radius 2 is 1.12 bits per heavy atom. The van der Waals surface area contributed by atoms with Gasteiger partial charge in [0.25, 0.3) is 0 Å². The molecule has 0 fully saturated rings. The third-order valence-electron chi connectivity index (χ3n) is 5.37. The fourth-order valence-electron chi connectivity index (χ4n) is 4.19.